The molecule has 0 spiro atoms. The summed E-state index contributed by atoms with van der Waals surface area (Å²) in [6.45, 7) is 0. The van der Waals surface area contributed by atoms with Crippen LogP contribution in [0, 0.1) is 0 Å². The number of nitrogens with one attached hydrogen (secondary N) is 1. The molecule has 8 nitrogen and oxygen atoms in total. The predicted molar refractivity (Wildman–Crippen MR) is 326 cm³/mol. The second kappa shape index (κ2) is 19.9. The summed E-state index contributed by atoms with van der Waals surface area (Å²) in [7, 11) is 0. The monoisotopic (exact) mass is 1030 g/mol. The highest BCUT2D eigenvalue weighted by atomic mass is 15.2. The molecule has 0 amide bonds. The van der Waals surface area contributed by atoms with E-state index in [2.05, 4.69) is 264 Å². The van der Waals surface area contributed by atoms with Crippen molar-refractivity contribution >= 4 is 45.6 Å². The van der Waals surface area contributed by atoms with Crippen LogP contribution in [-0.4, -0.2) is 37.2 Å². The molecule has 0 radical (unpaired) electrons. The zero-order chi connectivity index (χ0) is 52.9. The maximum absolute atomic E-state index is 5.67. The Balaban J connectivity index is 0.981. The number of anilines is 2. The molecule has 9 aromatic carbocycles. The fourth-order valence-corrected chi connectivity index (χ4v) is 12.2. The summed E-state index contributed by atoms with van der Waals surface area (Å²) in [6, 6.07) is 83.8. The van der Waals surface area contributed by atoms with Gasteiger partial charge in [0.15, 0.2) is 23.3 Å². The maximum Gasteiger partial charge on any atom is 0.164 e. The van der Waals surface area contributed by atoms with Gasteiger partial charge in [0.2, 0.25) is 0 Å². The summed E-state index contributed by atoms with van der Waals surface area (Å²) >= 11 is 0. The van der Waals surface area contributed by atoms with Gasteiger partial charge in [0.05, 0.1) is 23.2 Å². The molecule has 4 aliphatic rings. The van der Waals surface area contributed by atoms with Crippen LogP contribution >= 0.6 is 0 Å². The van der Waals surface area contributed by atoms with Gasteiger partial charge < -0.3 is 14.8 Å². The number of hydrogen-bond acceptors (Lipinski definition) is 7. The Kier molecular flexibility index (Phi) is 11.7. The lowest BCUT2D eigenvalue weighted by Gasteiger charge is -2.32. The lowest BCUT2D eigenvalue weighted by Crippen LogP contribution is -2.35. The minimum atomic E-state index is -0.514. The second-order valence-corrected chi connectivity index (χ2v) is 20.7. The minimum absolute atomic E-state index is 0.0123. The van der Waals surface area contributed by atoms with Crippen molar-refractivity contribution in [2.45, 2.75) is 31.0 Å². The fourth-order valence-electron chi connectivity index (χ4n) is 12.2. The summed E-state index contributed by atoms with van der Waals surface area (Å²) < 4.78 is 2.51. The number of rotatable bonds is 10. The zero-order valence-corrected chi connectivity index (χ0v) is 43.7. The first-order chi connectivity index (χ1) is 39.7. The molecule has 0 saturated heterocycles. The standard InChI is InChI=1S/C72H52N8/c1-6-22-47(23-7-1)51-30-20-32-53(44-51)69-76-70(54-33-21-31-52(45-54)48-24-8-2-9-25-48)78-72(77-69)60-46-55(71-74-67(49-26-10-3-11-27-49)73-68(75-71)50-28-12-4-13-29-50)40-42-63(60)80-61-38-18-16-36-57(61)58-41-43-64-65(66(58)80)59-37-17-19-39-62(59)79(64)56-34-14-5-15-35-56/h1-3,5-12,14-46,64-65,69H,4,13H2,(H,76,77,78). The van der Waals surface area contributed by atoms with Crippen LogP contribution in [-0.2, 0) is 0 Å². The summed E-state index contributed by atoms with van der Waals surface area (Å²) in [4.78, 5) is 29.4. The third-order valence-electron chi connectivity index (χ3n) is 15.9. The number of para-hydroxylation sites is 3. The van der Waals surface area contributed by atoms with E-state index in [0.717, 1.165) is 85.4 Å². The number of hydrogen-bond donors (Lipinski definition) is 1. The van der Waals surface area contributed by atoms with Gasteiger partial charge >= 0.3 is 0 Å². The van der Waals surface area contributed by atoms with E-state index in [1.807, 2.05) is 18.2 Å². The molecule has 3 unspecified atom stereocenters. The van der Waals surface area contributed by atoms with Crippen LogP contribution in [0.25, 0.3) is 73.3 Å². The van der Waals surface area contributed by atoms with Crippen LogP contribution in [0.2, 0.25) is 0 Å². The van der Waals surface area contributed by atoms with Gasteiger partial charge in [0, 0.05) is 55.8 Å². The summed E-state index contributed by atoms with van der Waals surface area (Å²) in [5.74, 6) is 3.10. The fraction of sp³-hybridized carbons (Fsp3) is 0.0694. The highest BCUT2D eigenvalue weighted by Crippen LogP contribution is 2.54. The predicted octanol–water partition coefficient (Wildman–Crippen LogP) is 16.4. The van der Waals surface area contributed by atoms with E-state index < -0.39 is 6.17 Å². The van der Waals surface area contributed by atoms with Gasteiger partial charge in [-0.25, -0.2) is 24.9 Å². The Labute approximate surface area is 464 Å². The van der Waals surface area contributed by atoms with Crippen LogP contribution < -0.4 is 10.2 Å². The van der Waals surface area contributed by atoms with Crippen LogP contribution in [0.5, 0.6) is 0 Å². The number of amidine groups is 2. The van der Waals surface area contributed by atoms with Gasteiger partial charge in [-0.3, -0.25) is 0 Å². The van der Waals surface area contributed by atoms with E-state index in [9.17, 15) is 0 Å². The molecule has 80 heavy (non-hydrogen) atoms. The smallest absolute Gasteiger partial charge is 0.164 e. The molecular weight excluding hydrogens is 977 g/mol. The van der Waals surface area contributed by atoms with Crippen LogP contribution in [0.1, 0.15) is 64.3 Å². The third kappa shape index (κ3) is 8.37. The molecule has 0 saturated carbocycles. The number of nitrogens with zero attached hydrogens (tertiary/aromatic N) is 7. The molecule has 15 rings (SSSR count). The Morgan fingerprint density at radius 2 is 1.11 bits per heavy atom. The van der Waals surface area contributed by atoms with Crippen molar-refractivity contribution in [3.63, 3.8) is 0 Å². The Morgan fingerprint density at radius 1 is 0.475 bits per heavy atom. The highest BCUT2D eigenvalue weighted by Gasteiger charge is 2.44. The van der Waals surface area contributed by atoms with Gasteiger partial charge in [0.25, 0.3) is 0 Å². The molecule has 0 fully saturated rings. The van der Waals surface area contributed by atoms with E-state index >= 15 is 0 Å². The molecule has 3 atom stereocenters. The summed E-state index contributed by atoms with van der Waals surface area (Å²) in [5, 5.41) is 5.15. The second-order valence-electron chi connectivity index (χ2n) is 20.7. The molecule has 0 bridgehead atoms. The van der Waals surface area contributed by atoms with Gasteiger partial charge in [-0.1, -0.05) is 212 Å². The van der Waals surface area contributed by atoms with E-state index in [4.69, 9.17) is 24.9 Å². The van der Waals surface area contributed by atoms with E-state index in [1.54, 1.807) is 0 Å². The third-order valence-corrected chi connectivity index (χ3v) is 15.9. The lowest BCUT2D eigenvalue weighted by molar-refractivity contribution is 0.673. The molecule has 2 aliphatic carbocycles. The van der Waals surface area contributed by atoms with Crippen molar-refractivity contribution < 1.29 is 0 Å². The molecule has 2 aromatic heterocycles. The van der Waals surface area contributed by atoms with Crippen molar-refractivity contribution in [1.82, 2.24) is 24.8 Å². The van der Waals surface area contributed by atoms with Crippen molar-refractivity contribution in [2.75, 3.05) is 4.90 Å². The lowest BCUT2D eigenvalue weighted by atomic mass is 9.84. The van der Waals surface area contributed by atoms with E-state index in [0.29, 0.717) is 29.1 Å². The highest BCUT2D eigenvalue weighted by molar-refractivity contribution is 6.15. The van der Waals surface area contributed by atoms with Crippen molar-refractivity contribution in [1.29, 1.82) is 0 Å². The Hall–Kier alpha value is -10.3. The maximum atomic E-state index is 5.67. The van der Waals surface area contributed by atoms with Crippen molar-refractivity contribution in [3.05, 3.63) is 300 Å². The Morgan fingerprint density at radius 3 is 1.88 bits per heavy atom. The quantitative estimate of drug-likeness (QED) is 0.148. The van der Waals surface area contributed by atoms with E-state index in [1.165, 1.54) is 27.9 Å². The summed E-state index contributed by atoms with van der Waals surface area (Å²) in [6.07, 6.45) is 12.7. The molecule has 8 heteroatoms. The first kappa shape index (κ1) is 46.9. The van der Waals surface area contributed by atoms with Gasteiger partial charge in [0.1, 0.15) is 12.0 Å². The van der Waals surface area contributed by atoms with Gasteiger partial charge in [-0.2, -0.15) is 0 Å². The normalized spacial score (nSPS) is 17.0. The molecule has 1 N–H and O–H groups in total. The van der Waals surface area contributed by atoms with Gasteiger partial charge in [-0.05, 0) is 101 Å². The number of aliphatic imine (C=N–C) groups is 2. The average molecular weight is 1030 g/mol. The number of allylic oxidation sites excluding steroid dienone is 4. The van der Waals surface area contributed by atoms with Gasteiger partial charge in [-0.15, -0.1) is 0 Å². The first-order valence-corrected chi connectivity index (χ1v) is 27.5. The molecular formula is C72H52N8. The van der Waals surface area contributed by atoms with Crippen LogP contribution in [0.3, 0.4) is 0 Å². The van der Waals surface area contributed by atoms with Crippen LogP contribution in [0.4, 0.5) is 11.4 Å². The average Bonchev–Trinajstić information content (AvgIpc) is 4.29. The van der Waals surface area contributed by atoms with Crippen LogP contribution in [0.15, 0.2) is 271 Å². The molecule has 4 heterocycles. The number of aromatic nitrogens is 4. The Bertz CT molecular complexity index is 4350. The SMILES string of the molecule is C1=CC(c2nc(-c3ccccc3)nc(-c3ccc(-n4c5c(c6ccccc64)C=CC4C5c5ccccc5N4c4ccccc4)c(C4=NC(c5cccc(-c6ccccc6)c5)=NC(c5cccc(-c6ccccc6)c5)N4)c3)n2)=CCC1. The zero-order valence-electron chi connectivity index (χ0n) is 43.7. The minimum Gasteiger partial charge on any atom is -0.344 e. The molecule has 11 aromatic rings. The van der Waals surface area contributed by atoms with Crippen molar-refractivity contribution in [3.8, 4) is 50.7 Å². The number of fused-ring (bicyclic) bond motifs is 7. The molecule has 380 valence electrons. The van der Waals surface area contributed by atoms with E-state index in [-0.39, 0.29) is 12.0 Å². The topological polar surface area (TPSA) is 83.6 Å². The molecule has 2 aliphatic heterocycles. The first-order valence-electron chi connectivity index (χ1n) is 27.5. The summed E-state index contributed by atoms with van der Waals surface area (Å²) in [5.41, 5.74) is 18.1. The number of benzene rings is 9. The largest absolute Gasteiger partial charge is 0.344 e. The van der Waals surface area contributed by atoms with Crippen molar-refractivity contribution in [2.24, 2.45) is 9.98 Å².